The second-order valence-electron chi connectivity index (χ2n) is 5.68. The van der Waals surface area contributed by atoms with Crippen LogP contribution < -0.4 is 11.1 Å². The number of aryl methyl sites for hydroxylation is 1. The fourth-order valence-corrected chi connectivity index (χ4v) is 3.97. The number of nitrogens with one attached hydrogen (secondary N) is 1. The van der Waals surface area contributed by atoms with Crippen molar-refractivity contribution in [2.24, 2.45) is 11.8 Å². The predicted molar refractivity (Wildman–Crippen MR) is 80.0 cm³/mol. The number of aromatic nitrogens is 1. The Kier molecular flexibility index (Phi) is 4.42. The van der Waals surface area contributed by atoms with Crippen molar-refractivity contribution in [3.8, 4) is 0 Å². The minimum Gasteiger partial charge on any atom is -0.384 e. The molecule has 2 fully saturated rings. The minimum atomic E-state index is 0.0676. The van der Waals surface area contributed by atoms with Gasteiger partial charge in [-0.25, -0.2) is 4.98 Å². The van der Waals surface area contributed by atoms with Crippen molar-refractivity contribution >= 4 is 22.4 Å². The Morgan fingerprint density at radius 2 is 2.52 bits per heavy atom. The molecule has 4 atom stereocenters. The highest BCUT2D eigenvalue weighted by atomic mass is 32.1. The highest BCUT2D eigenvalue weighted by Crippen LogP contribution is 2.43. The van der Waals surface area contributed by atoms with Gasteiger partial charge in [0.25, 0.3) is 0 Å². The smallest absolute Gasteiger partial charge is 0.220 e. The van der Waals surface area contributed by atoms with E-state index in [0.717, 1.165) is 18.7 Å². The predicted octanol–water partition coefficient (Wildman–Crippen LogP) is 0.824. The number of fused-ring (bicyclic) bond motifs is 1. The van der Waals surface area contributed by atoms with E-state index in [4.69, 9.17) is 15.2 Å². The van der Waals surface area contributed by atoms with Crippen molar-refractivity contribution in [2.45, 2.75) is 31.4 Å². The fourth-order valence-electron chi connectivity index (χ4n) is 3.37. The number of amides is 1. The van der Waals surface area contributed by atoms with E-state index in [0.29, 0.717) is 30.5 Å². The highest BCUT2D eigenvalue weighted by molar-refractivity contribution is 7.13. The molecule has 1 amide bonds. The van der Waals surface area contributed by atoms with Crippen molar-refractivity contribution in [3.05, 3.63) is 11.1 Å². The molecule has 0 radical (unpaired) electrons. The zero-order chi connectivity index (χ0) is 14.8. The number of thiazole rings is 1. The fraction of sp³-hybridized carbons (Fsp3) is 0.714. The molecule has 21 heavy (non-hydrogen) atoms. The molecule has 2 heterocycles. The van der Waals surface area contributed by atoms with Crippen LogP contribution in [0.3, 0.4) is 0 Å². The molecule has 116 valence electrons. The normalized spacial score (nSPS) is 30.7. The van der Waals surface area contributed by atoms with Gasteiger partial charge in [0.1, 0.15) is 0 Å². The second kappa shape index (κ2) is 6.29. The van der Waals surface area contributed by atoms with Gasteiger partial charge in [0.15, 0.2) is 5.13 Å². The largest absolute Gasteiger partial charge is 0.384 e. The molecule has 1 aromatic heterocycles. The van der Waals surface area contributed by atoms with Crippen LogP contribution in [0.2, 0.25) is 0 Å². The van der Waals surface area contributed by atoms with Gasteiger partial charge in [0.05, 0.1) is 18.4 Å². The van der Waals surface area contributed by atoms with Crippen LogP contribution in [0.1, 0.15) is 18.5 Å². The molecule has 0 bridgehead atoms. The summed E-state index contributed by atoms with van der Waals surface area (Å²) in [5.41, 5.74) is 6.47. The van der Waals surface area contributed by atoms with Crippen molar-refractivity contribution in [1.29, 1.82) is 0 Å². The van der Waals surface area contributed by atoms with E-state index in [1.54, 1.807) is 7.11 Å². The molecular formula is C14H21N3O3S. The number of carbonyl (C=O) groups excluding carboxylic acids is 1. The monoisotopic (exact) mass is 311 g/mol. The van der Waals surface area contributed by atoms with E-state index >= 15 is 0 Å². The van der Waals surface area contributed by atoms with Gasteiger partial charge in [-0.1, -0.05) is 0 Å². The van der Waals surface area contributed by atoms with Gasteiger partial charge in [0, 0.05) is 43.4 Å². The lowest BCUT2D eigenvalue weighted by atomic mass is 9.67. The standard InChI is InChI=1S/C14H21N3O3S/c1-19-6-10-12(9-4-5-20-13(9)10)17-11(18)3-2-8-7-21-14(15)16-8/h7,9-10,12-13H,2-6H2,1H3,(H2,15,16)(H,17,18)/t9-,10+,12+,13-/m1/s1. The van der Waals surface area contributed by atoms with Crippen LogP contribution in [-0.4, -0.2) is 43.4 Å². The molecule has 1 aliphatic heterocycles. The van der Waals surface area contributed by atoms with Crippen molar-refractivity contribution in [1.82, 2.24) is 10.3 Å². The van der Waals surface area contributed by atoms with Crippen LogP contribution >= 0.6 is 11.3 Å². The highest BCUT2D eigenvalue weighted by Gasteiger charge is 2.54. The van der Waals surface area contributed by atoms with Crippen LogP contribution in [0.15, 0.2) is 5.38 Å². The topological polar surface area (TPSA) is 86.5 Å². The van der Waals surface area contributed by atoms with E-state index in [2.05, 4.69) is 10.3 Å². The SMILES string of the molecule is COC[C@H]1[C@@H](NC(=O)CCc2csc(N)n2)[C@H]2CCO[C@H]21. The Labute approximate surface area is 128 Å². The summed E-state index contributed by atoms with van der Waals surface area (Å²) in [6.45, 7) is 1.43. The summed E-state index contributed by atoms with van der Waals surface area (Å²) >= 11 is 1.41. The van der Waals surface area contributed by atoms with Gasteiger partial charge >= 0.3 is 0 Å². The number of methoxy groups -OCH3 is 1. The zero-order valence-corrected chi connectivity index (χ0v) is 12.9. The quantitative estimate of drug-likeness (QED) is 0.812. The lowest BCUT2D eigenvalue weighted by Crippen LogP contribution is -2.62. The molecule has 3 N–H and O–H groups in total. The minimum absolute atomic E-state index is 0.0676. The van der Waals surface area contributed by atoms with Crippen LogP contribution in [0, 0.1) is 11.8 Å². The lowest BCUT2D eigenvalue weighted by Gasteiger charge is -2.47. The van der Waals surface area contributed by atoms with E-state index in [-0.39, 0.29) is 24.0 Å². The van der Waals surface area contributed by atoms with Crippen LogP contribution in [0.25, 0.3) is 0 Å². The number of carbonyl (C=O) groups is 1. The van der Waals surface area contributed by atoms with E-state index in [9.17, 15) is 4.79 Å². The first-order valence-corrected chi connectivity index (χ1v) is 8.17. The maximum atomic E-state index is 12.1. The third kappa shape index (κ3) is 3.04. The van der Waals surface area contributed by atoms with Gasteiger partial charge in [-0.3, -0.25) is 4.79 Å². The van der Waals surface area contributed by atoms with Crippen LogP contribution in [0.5, 0.6) is 0 Å². The van der Waals surface area contributed by atoms with Gasteiger partial charge in [-0.2, -0.15) is 0 Å². The average molecular weight is 311 g/mol. The molecule has 1 aromatic rings. The molecule has 2 aliphatic rings. The number of hydrogen-bond donors (Lipinski definition) is 2. The number of nitrogens with zero attached hydrogens (tertiary/aromatic N) is 1. The summed E-state index contributed by atoms with van der Waals surface area (Å²) in [7, 11) is 1.69. The summed E-state index contributed by atoms with van der Waals surface area (Å²) in [6, 6.07) is 0.186. The summed E-state index contributed by atoms with van der Waals surface area (Å²) in [6.07, 6.45) is 2.36. The average Bonchev–Trinajstić information content (AvgIpc) is 3.07. The summed E-state index contributed by atoms with van der Waals surface area (Å²) in [4.78, 5) is 16.3. The molecule has 6 nitrogen and oxygen atoms in total. The molecular weight excluding hydrogens is 290 g/mol. The second-order valence-corrected chi connectivity index (χ2v) is 6.57. The summed E-state index contributed by atoms with van der Waals surface area (Å²) in [5, 5.41) is 5.60. The molecule has 7 heteroatoms. The molecule has 1 aliphatic carbocycles. The Morgan fingerprint density at radius 1 is 1.67 bits per heavy atom. The molecule has 0 spiro atoms. The number of nitrogens with two attached hydrogens (primary N) is 1. The Morgan fingerprint density at radius 3 is 3.24 bits per heavy atom. The number of ether oxygens (including phenoxy) is 2. The van der Waals surface area contributed by atoms with Gasteiger partial charge < -0.3 is 20.5 Å². The van der Waals surface area contributed by atoms with Crippen LogP contribution in [-0.2, 0) is 20.7 Å². The Hall–Kier alpha value is -1.18. The first-order chi connectivity index (χ1) is 10.2. The summed E-state index contributed by atoms with van der Waals surface area (Å²) < 4.78 is 11.0. The van der Waals surface area contributed by atoms with Crippen molar-refractivity contribution < 1.29 is 14.3 Å². The van der Waals surface area contributed by atoms with Crippen molar-refractivity contribution in [2.75, 3.05) is 26.1 Å². The zero-order valence-electron chi connectivity index (χ0n) is 12.1. The van der Waals surface area contributed by atoms with Gasteiger partial charge in [-0.15, -0.1) is 11.3 Å². The number of anilines is 1. The number of rotatable bonds is 6. The van der Waals surface area contributed by atoms with Crippen molar-refractivity contribution in [3.63, 3.8) is 0 Å². The van der Waals surface area contributed by atoms with E-state index in [1.165, 1.54) is 11.3 Å². The molecule has 1 saturated heterocycles. The molecule has 1 saturated carbocycles. The maximum absolute atomic E-state index is 12.1. The Balaban J connectivity index is 1.49. The first kappa shape index (κ1) is 14.7. The third-order valence-electron chi connectivity index (χ3n) is 4.39. The maximum Gasteiger partial charge on any atom is 0.220 e. The van der Waals surface area contributed by atoms with Crippen LogP contribution in [0.4, 0.5) is 5.13 Å². The number of hydrogen-bond acceptors (Lipinski definition) is 6. The van der Waals surface area contributed by atoms with Gasteiger partial charge in [-0.05, 0) is 12.8 Å². The lowest BCUT2D eigenvalue weighted by molar-refractivity contribution is -0.129. The third-order valence-corrected chi connectivity index (χ3v) is 5.12. The first-order valence-electron chi connectivity index (χ1n) is 7.29. The number of nitrogen functional groups attached to an aromatic ring is 1. The molecule has 3 rings (SSSR count). The Bertz CT molecular complexity index is 507. The van der Waals surface area contributed by atoms with Gasteiger partial charge in [0.2, 0.25) is 5.91 Å². The molecule has 0 unspecified atom stereocenters. The molecule has 0 aromatic carbocycles. The van der Waals surface area contributed by atoms with E-state index in [1.807, 2.05) is 5.38 Å². The van der Waals surface area contributed by atoms with E-state index < -0.39 is 0 Å². The summed E-state index contributed by atoms with van der Waals surface area (Å²) in [5.74, 6) is 0.795.